The van der Waals surface area contributed by atoms with Crippen molar-refractivity contribution in [2.24, 2.45) is 10.1 Å². The third kappa shape index (κ3) is 3.01. The molecule has 7 nitrogen and oxygen atoms in total. The topological polar surface area (TPSA) is 84.7 Å². The van der Waals surface area contributed by atoms with Gasteiger partial charge in [0.05, 0.1) is 13.3 Å². The van der Waals surface area contributed by atoms with E-state index in [4.69, 9.17) is 5.53 Å². The molecule has 0 aromatic heterocycles. The zero-order chi connectivity index (χ0) is 16.4. The lowest BCUT2D eigenvalue weighted by Crippen LogP contribution is -2.37. The van der Waals surface area contributed by atoms with Gasteiger partial charge in [-0.1, -0.05) is 11.2 Å². The summed E-state index contributed by atoms with van der Waals surface area (Å²) in [4.78, 5) is 22.2. The van der Waals surface area contributed by atoms with E-state index >= 15 is 0 Å². The van der Waals surface area contributed by atoms with E-state index in [-0.39, 0.29) is 23.8 Å². The van der Waals surface area contributed by atoms with E-state index in [0.29, 0.717) is 26.4 Å². The lowest BCUT2D eigenvalue weighted by molar-refractivity contribution is -0.129. The fourth-order valence-electron chi connectivity index (χ4n) is 2.87. The van der Waals surface area contributed by atoms with Crippen molar-refractivity contribution in [3.05, 3.63) is 39.8 Å². The molecule has 23 heavy (non-hydrogen) atoms. The predicted octanol–water partition coefficient (Wildman–Crippen LogP) is 2.52. The van der Waals surface area contributed by atoms with Gasteiger partial charge in [-0.2, -0.15) is 0 Å². The zero-order valence-corrected chi connectivity index (χ0v) is 12.2. The summed E-state index contributed by atoms with van der Waals surface area (Å²) in [6, 6.07) is 2.37. The molecule has 1 aromatic carbocycles. The summed E-state index contributed by atoms with van der Waals surface area (Å²) in [5.74, 6) is -2.29. The van der Waals surface area contributed by atoms with Crippen LogP contribution in [0.3, 0.4) is 0 Å². The van der Waals surface area contributed by atoms with E-state index < -0.39 is 17.3 Å². The fraction of sp³-hybridized carbons (Fsp3) is 0.429. The van der Waals surface area contributed by atoms with Gasteiger partial charge in [-0.25, -0.2) is 8.78 Å². The minimum Gasteiger partial charge on any atom is -0.329 e. The van der Waals surface area contributed by atoms with Crippen molar-refractivity contribution < 1.29 is 13.6 Å². The predicted molar refractivity (Wildman–Crippen MR) is 79.2 cm³/mol. The number of azide groups is 1. The smallest absolute Gasteiger partial charge is 0.224 e. The van der Waals surface area contributed by atoms with Crippen LogP contribution in [0.2, 0.25) is 0 Å². The number of halogens is 2. The number of carbonyl (C=O) groups is 1. The first-order chi connectivity index (χ1) is 11.1. The molecular weight excluding hydrogens is 306 g/mol. The Balaban J connectivity index is 1.79. The Kier molecular flexibility index (Phi) is 4.22. The molecule has 1 atom stereocenters. The monoisotopic (exact) mass is 320 g/mol. The van der Waals surface area contributed by atoms with Gasteiger partial charge in [-0.05, 0) is 17.2 Å². The summed E-state index contributed by atoms with van der Waals surface area (Å²) in [6.07, 6.45) is 1.93. The van der Waals surface area contributed by atoms with E-state index in [2.05, 4.69) is 15.0 Å². The summed E-state index contributed by atoms with van der Waals surface area (Å²) < 4.78 is 27.9. The van der Waals surface area contributed by atoms with Crippen molar-refractivity contribution >= 4 is 17.8 Å². The highest BCUT2D eigenvalue weighted by Crippen LogP contribution is 2.34. The second-order valence-electron chi connectivity index (χ2n) is 5.51. The summed E-state index contributed by atoms with van der Waals surface area (Å²) >= 11 is 0. The van der Waals surface area contributed by atoms with E-state index in [1.807, 2.05) is 4.90 Å². The second-order valence-corrected chi connectivity index (χ2v) is 5.51. The summed E-state index contributed by atoms with van der Waals surface area (Å²) in [5, 5.41) is 3.07. The third-order valence-electron chi connectivity index (χ3n) is 4.02. The van der Waals surface area contributed by atoms with Gasteiger partial charge in [-0.3, -0.25) is 14.7 Å². The minimum atomic E-state index is -0.917. The maximum absolute atomic E-state index is 14.4. The molecule has 0 bridgehead atoms. The Hall–Kier alpha value is -2.51. The fourth-order valence-corrected chi connectivity index (χ4v) is 2.87. The van der Waals surface area contributed by atoms with Crippen molar-refractivity contribution in [1.82, 2.24) is 9.80 Å². The number of aliphatic imine (C=N–C) groups is 1. The average Bonchev–Trinajstić information content (AvgIpc) is 3.15. The van der Waals surface area contributed by atoms with Crippen molar-refractivity contribution in [2.75, 3.05) is 26.4 Å². The average molecular weight is 320 g/mol. The number of likely N-dealkylation sites (tertiary alicyclic amines) is 1. The van der Waals surface area contributed by atoms with Crippen LogP contribution in [-0.2, 0) is 4.79 Å². The number of rotatable bonds is 4. The van der Waals surface area contributed by atoms with Gasteiger partial charge in [-0.15, -0.1) is 0 Å². The van der Waals surface area contributed by atoms with E-state index in [1.165, 1.54) is 6.07 Å². The van der Waals surface area contributed by atoms with Crippen LogP contribution < -0.4 is 0 Å². The van der Waals surface area contributed by atoms with E-state index in [1.54, 1.807) is 11.1 Å². The number of nitrogens with zero attached hydrogens (tertiary/aromatic N) is 6. The SMILES string of the molecule is [N-]=[N+]=Nc1c(F)ccc(C2CC(=O)N(CN3CC=NC3)C2)c1F. The van der Waals surface area contributed by atoms with Crippen molar-refractivity contribution in [1.29, 1.82) is 0 Å². The van der Waals surface area contributed by atoms with Gasteiger partial charge >= 0.3 is 0 Å². The van der Waals surface area contributed by atoms with Crippen LogP contribution in [0.25, 0.3) is 10.4 Å². The van der Waals surface area contributed by atoms with Crippen LogP contribution in [0.5, 0.6) is 0 Å². The number of amides is 1. The quantitative estimate of drug-likeness (QED) is 0.485. The highest BCUT2D eigenvalue weighted by molar-refractivity contribution is 5.80. The van der Waals surface area contributed by atoms with Crippen molar-refractivity contribution in [3.8, 4) is 0 Å². The van der Waals surface area contributed by atoms with Crippen LogP contribution >= 0.6 is 0 Å². The Labute approximate surface area is 130 Å². The minimum absolute atomic E-state index is 0.0871. The van der Waals surface area contributed by atoms with E-state index in [9.17, 15) is 13.6 Å². The highest BCUT2D eigenvalue weighted by atomic mass is 19.1. The van der Waals surface area contributed by atoms with E-state index in [0.717, 1.165) is 6.07 Å². The van der Waals surface area contributed by atoms with Gasteiger partial charge < -0.3 is 4.90 Å². The Morgan fingerprint density at radius 3 is 2.96 bits per heavy atom. The molecule has 0 aliphatic carbocycles. The molecular formula is C14H14F2N6O. The van der Waals surface area contributed by atoms with Crippen LogP contribution in [0.1, 0.15) is 17.9 Å². The molecule has 0 saturated carbocycles. The lowest BCUT2D eigenvalue weighted by Gasteiger charge is -2.23. The zero-order valence-electron chi connectivity index (χ0n) is 12.2. The maximum Gasteiger partial charge on any atom is 0.224 e. The van der Waals surface area contributed by atoms with Gasteiger partial charge in [0.15, 0.2) is 0 Å². The molecule has 9 heteroatoms. The van der Waals surface area contributed by atoms with Gasteiger partial charge in [0.1, 0.15) is 17.3 Å². The second kappa shape index (κ2) is 6.31. The lowest BCUT2D eigenvalue weighted by atomic mass is 9.97. The molecule has 1 fully saturated rings. The molecule has 3 rings (SSSR count). The Morgan fingerprint density at radius 1 is 1.43 bits per heavy atom. The molecule has 0 spiro atoms. The van der Waals surface area contributed by atoms with Crippen molar-refractivity contribution in [2.45, 2.75) is 12.3 Å². The maximum atomic E-state index is 14.4. The van der Waals surface area contributed by atoms with Gasteiger partial charge in [0.2, 0.25) is 5.91 Å². The first-order valence-electron chi connectivity index (χ1n) is 7.11. The molecule has 1 saturated heterocycles. The van der Waals surface area contributed by atoms with Crippen LogP contribution in [0.15, 0.2) is 22.2 Å². The van der Waals surface area contributed by atoms with Crippen LogP contribution in [0, 0.1) is 11.6 Å². The third-order valence-corrected chi connectivity index (χ3v) is 4.02. The number of hydrogen-bond acceptors (Lipinski definition) is 4. The molecule has 1 unspecified atom stereocenters. The molecule has 0 N–H and O–H groups in total. The number of hydrogen-bond donors (Lipinski definition) is 0. The van der Waals surface area contributed by atoms with Crippen LogP contribution in [-0.4, -0.2) is 48.3 Å². The molecule has 1 aromatic rings. The normalized spacial score (nSPS) is 21.0. The molecule has 2 aliphatic rings. The van der Waals surface area contributed by atoms with Crippen LogP contribution in [0.4, 0.5) is 14.5 Å². The largest absolute Gasteiger partial charge is 0.329 e. The number of carbonyl (C=O) groups excluding carboxylic acids is 1. The standard InChI is InChI=1S/C14H14F2N6O/c15-11-2-1-10(13(16)14(11)19-20-17)9-5-12(23)22(6-9)8-21-4-3-18-7-21/h1-3,9H,4-8H2. The molecule has 120 valence electrons. The first kappa shape index (κ1) is 15.4. The summed E-state index contributed by atoms with van der Waals surface area (Å²) in [7, 11) is 0. The molecule has 2 aliphatic heterocycles. The van der Waals surface area contributed by atoms with Gasteiger partial charge in [0, 0.05) is 36.6 Å². The summed E-state index contributed by atoms with van der Waals surface area (Å²) in [5.41, 5.74) is 7.96. The summed E-state index contributed by atoms with van der Waals surface area (Å²) in [6.45, 7) is 2.00. The molecule has 1 amide bonds. The van der Waals surface area contributed by atoms with Crippen molar-refractivity contribution in [3.63, 3.8) is 0 Å². The molecule has 2 heterocycles. The number of benzene rings is 1. The van der Waals surface area contributed by atoms with Gasteiger partial charge in [0.25, 0.3) is 0 Å². The highest BCUT2D eigenvalue weighted by Gasteiger charge is 2.34. The Morgan fingerprint density at radius 2 is 2.26 bits per heavy atom. The Bertz CT molecular complexity index is 707. The first-order valence-corrected chi connectivity index (χ1v) is 7.11. The molecule has 0 radical (unpaired) electrons.